The summed E-state index contributed by atoms with van der Waals surface area (Å²) in [6, 6.07) is 21.5. The van der Waals surface area contributed by atoms with Crippen LogP contribution in [-0.4, -0.2) is 88.5 Å². The van der Waals surface area contributed by atoms with Crippen molar-refractivity contribution in [2.24, 2.45) is 0 Å². The molecule has 3 aromatic carbocycles. The Bertz CT molecular complexity index is 1870. The number of ether oxygens (including phenoxy) is 1. The number of alkyl halides is 3. The molecular weight excluding hydrogens is 651 g/mol. The first-order valence-electron chi connectivity index (χ1n) is 16.5. The number of anilines is 3. The number of halogens is 3. The SMILES string of the molecule is Nc1nnc(-c2ccccc2O)cc1N1CC2CCC(C1)N2c1ccc(C(F)(F)F)c(C(=O)N2CCN(C(=O)OCc3ccccc3)CC2)c1. The fourth-order valence-electron chi connectivity index (χ4n) is 7.18. The highest BCUT2D eigenvalue weighted by Crippen LogP contribution is 2.41. The molecule has 50 heavy (non-hydrogen) atoms. The molecule has 4 heterocycles. The Morgan fingerprint density at radius 1 is 0.860 bits per heavy atom. The number of hydrogen-bond acceptors (Lipinski definition) is 9. The molecule has 2 bridgehead atoms. The lowest BCUT2D eigenvalue weighted by Crippen LogP contribution is -2.54. The number of amides is 2. The Labute approximate surface area is 286 Å². The lowest BCUT2D eigenvalue weighted by atomic mass is 10.0. The number of para-hydroxylation sites is 1. The van der Waals surface area contributed by atoms with Crippen LogP contribution in [-0.2, 0) is 17.5 Å². The van der Waals surface area contributed by atoms with Crippen LogP contribution >= 0.6 is 0 Å². The van der Waals surface area contributed by atoms with Crippen LogP contribution in [0.1, 0.15) is 34.3 Å². The predicted octanol–water partition coefficient (Wildman–Crippen LogP) is 5.40. The molecule has 3 fully saturated rings. The van der Waals surface area contributed by atoms with Crippen molar-refractivity contribution in [3.8, 4) is 17.0 Å². The smallest absolute Gasteiger partial charge is 0.417 e. The topological polar surface area (TPSA) is 128 Å². The molecule has 1 aromatic heterocycles. The summed E-state index contributed by atoms with van der Waals surface area (Å²) in [5.74, 6) is -0.419. The number of rotatable bonds is 6. The van der Waals surface area contributed by atoms with Crippen LogP contribution in [0.5, 0.6) is 5.75 Å². The number of nitrogen functional groups attached to an aromatic ring is 1. The maximum absolute atomic E-state index is 14.3. The van der Waals surface area contributed by atoms with Crippen LogP contribution in [0, 0.1) is 0 Å². The minimum absolute atomic E-state index is 0.0555. The van der Waals surface area contributed by atoms with E-state index in [9.17, 15) is 27.9 Å². The molecule has 2 amide bonds. The van der Waals surface area contributed by atoms with Crippen LogP contribution in [0.2, 0.25) is 0 Å². The summed E-state index contributed by atoms with van der Waals surface area (Å²) in [6.45, 7) is 1.60. The van der Waals surface area contributed by atoms with Crippen molar-refractivity contribution in [1.82, 2.24) is 20.0 Å². The van der Waals surface area contributed by atoms with E-state index < -0.39 is 29.3 Å². The van der Waals surface area contributed by atoms with E-state index in [1.54, 1.807) is 30.3 Å². The number of nitrogens with two attached hydrogens (primary N) is 1. The summed E-state index contributed by atoms with van der Waals surface area (Å²) in [4.78, 5) is 33.4. The third-order valence-electron chi connectivity index (χ3n) is 9.67. The normalized spacial score (nSPS) is 19.1. The highest BCUT2D eigenvalue weighted by atomic mass is 19.4. The minimum atomic E-state index is -4.74. The lowest BCUT2D eigenvalue weighted by Gasteiger charge is -2.44. The van der Waals surface area contributed by atoms with Gasteiger partial charge in [-0.25, -0.2) is 4.79 Å². The number of benzene rings is 3. The monoisotopic (exact) mass is 687 g/mol. The van der Waals surface area contributed by atoms with Gasteiger partial charge in [0.15, 0.2) is 5.82 Å². The number of fused-ring (bicyclic) bond motifs is 2. The van der Waals surface area contributed by atoms with E-state index >= 15 is 0 Å². The summed E-state index contributed by atoms with van der Waals surface area (Å²) < 4.78 is 48.2. The van der Waals surface area contributed by atoms with Gasteiger partial charge in [0.2, 0.25) is 0 Å². The van der Waals surface area contributed by atoms with Crippen LogP contribution in [0.15, 0.2) is 78.9 Å². The van der Waals surface area contributed by atoms with Gasteiger partial charge in [-0.05, 0) is 54.8 Å². The largest absolute Gasteiger partial charge is 0.507 e. The van der Waals surface area contributed by atoms with Crippen LogP contribution < -0.4 is 15.5 Å². The molecule has 3 saturated heterocycles. The maximum atomic E-state index is 14.3. The highest BCUT2D eigenvalue weighted by Gasteiger charge is 2.43. The van der Waals surface area contributed by atoms with Crippen molar-refractivity contribution in [3.63, 3.8) is 0 Å². The first-order valence-corrected chi connectivity index (χ1v) is 16.5. The fraction of sp³-hybridized carbons (Fsp3) is 0.333. The summed E-state index contributed by atoms with van der Waals surface area (Å²) >= 11 is 0. The Kier molecular flexibility index (Phi) is 8.85. The number of nitrogens with zero attached hydrogens (tertiary/aromatic N) is 6. The second kappa shape index (κ2) is 13.4. The van der Waals surface area contributed by atoms with Gasteiger partial charge in [-0.2, -0.15) is 13.2 Å². The fourth-order valence-corrected chi connectivity index (χ4v) is 7.18. The van der Waals surface area contributed by atoms with Gasteiger partial charge in [-0.15, -0.1) is 10.2 Å². The molecule has 7 rings (SSSR count). The second-order valence-corrected chi connectivity index (χ2v) is 12.8. The number of aromatic nitrogens is 2. The number of phenols is 1. The van der Waals surface area contributed by atoms with Gasteiger partial charge in [0.05, 0.1) is 22.5 Å². The number of carbonyl (C=O) groups is 2. The van der Waals surface area contributed by atoms with Gasteiger partial charge in [0.1, 0.15) is 12.4 Å². The average Bonchev–Trinajstić information content (AvgIpc) is 3.39. The van der Waals surface area contributed by atoms with Crippen LogP contribution in [0.4, 0.5) is 35.2 Å². The lowest BCUT2D eigenvalue weighted by molar-refractivity contribution is -0.138. The second-order valence-electron chi connectivity index (χ2n) is 12.8. The molecule has 2 unspecified atom stereocenters. The molecule has 2 atom stereocenters. The first kappa shape index (κ1) is 33.0. The molecule has 0 saturated carbocycles. The zero-order chi connectivity index (χ0) is 35.0. The number of carbonyl (C=O) groups excluding carboxylic acids is 2. The van der Waals surface area contributed by atoms with Crippen molar-refractivity contribution in [2.45, 2.75) is 37.7 Å². The van der Waals surface area contributed by atoms with E-state index in [2.05, 4.69) is 20.0 Å². The number of aromatic hydroxyl groups is 1. The van der Waals surface area contributed by atoms with Gasteiger partial charge in [0.25, 0.3) is 5.91 Å². The molecule has 4 aromatic rings. The van der Waals surface area contributed by atoms with Gasteiger partial charge in [0, 0.05) is 62.6 Å². The molecule has 0 aliphatic carbocycles. The predicted molar refractivity (Wildman–Crippen MR) is 181 cm³/mol. The van der Waals surface area contributed by atoms with Crippen molar-refractivity contribution >= 4 is 29.2 Å². The molecule has 0 spiro atoms. The quantitative estimate of drug-likeness (QED) is 0.274. The summed E-state index contributed by atoms with van der Waals surface area (Å²) in [5, 5.41) is 18.7. The summed E-state index contributed by atoms with van der Waals surface area (Å²) in [5.41, 5.74) is 7.91. The van der Waals surface area contributed by atoms with Crippen LogP contribution in [0.3, 0.4) is 0 Å². The van der Waals surface area contributed by atoms with E-state index in [0.29, 0.717) is 35.7 Å². The molecular formula is C36H36F3N7O4. The molecule has 0 radical (unpaired) electrons. The Morgan fingerprint density at radius 3 is 2.20 bits per heavy atom. The third-order valence-corrected chi connectivity index (χ3v) is 9.67. The molecule has 3 N–H and O–H groups in total. The van der Waals surface area contributed by atoms with Crippen molar-refractivity contribution in [2.75, 3.05) is 54.8 Å². The van der Waals surface area contributed by atoms with Gasteiger partial charge in [-0.1, -0.05) is 42.5 Å². The number of hydrogen-bond donors (Lipinski definition) is 2. The van der Waals surface area contributed by atoms with Gasteiger partial charge >= 0.3 is 12.3 Å². The standard InChI is InChI=1S/C36H36F3N7O4/c37-36(38,39)29-13-12-24(18-28(29)34(48)43-14-16-44(17-15-43)35(49)50-22-23-6-2-1-3-7-23)46-25-10-11-26(46)21-45(20-25)31-19-30(41-42-33(31)40)27-8-4-5-9-32(27)47/h1-9,12-13,18-19,25-26,47H,10-11,14-17,20-22H2,(H2,40,42). The molecule has 14 heteroatoms. The zero-order valence-electron chi connectivity index (χ0n) is 27.1. The summed E-state index contributed by atoms with van der Waals surface area (Å²) in [6.07, 6.45) is -3.66. The Hall–Kier alpha value is -5.53. The van der Waals surface area contributed by atoms with Gasteiger partial charge in [-0.3, -0.25) is 4.79 Å². The first-order chi connectivity index (χ1) is 24.1. The van der Waals surface area contributed by atoms with E-state index in [4.69, 9.17) is 10.5 Å². The molecule has 260 valence electrons. The van der Waals surface area contributed by atoms with Crippen molar-refractivity contribution < 1.29 is 32.6 Å². The molecule has 3 aliphatic rings. The summed E-state index contributed by atoms with van der Waals surface area (Å²) in [7, 11) is 0. The van der Waals surface area contributed by atoms with E-state index in [1.807, 2.05) is 30.3 Å². The zero-order valence-corrected chi connectivity index (χ0v) is 27.1. The van der Waals surface area contributed by atoms with Crippen molar-refractivity contribution in [3.05, 3.63) is 95.6 Å². The molecule has 3 aliphatic heterocycles. The average molecular weight is 688 g/mol. The van der Waals surface area contributed by atoms with Gasteiger partial charge < -0.3 is 35.2 Å². The number of piperazine rings is 2. The molecule has 11 nitrogen and oxygen atoms in total. The van der Waals surface area contributed by atoms with E-state index in [1.165, 1.54) is 21.9 Å². The van der Waals surface area contributed by atoms with E-state index in [0.717, 1.165) is 24.5 Å². The highest BCUT2D eigenvalue weighted by molar-refractivity contribution is 5.97. The van der Waals surface area contributed by atoms with E-state index in [-0.39, 0.29) is 56.4 Å². The third kappa shape index (κ3) is 6.57. The van der Waals surface area contributed by atoms with Crippen LogP contribution in [0.25, 0.3) is 11.3 Å². The minimum Gasteiger partial charge on any atom is -0.507 e. The Balaban J connectivity index is 1.07. The number of phenolic OH excluding ortho intramolecular Hbond substituents is 1. The maximum Gasteiger partial charge on any atom is 0.417 e. The van der Waals surface area contributed by atoms with Crippen molar-refractivity contribution in [1.29, 1.82) is 0 Å². The Morgan fingerprint density at radius 2 is 1.52 bits per heavy atom.